The maximum Gasteiger partial charge on any atom is 0.333 e. The summed E-state index contributed by atoms with van der Waals surface area (Å²) in [6.45, 7) is 5.98. The summed E-state index contributed by atoms with van der Waals surface area (Å²) in [6, 6.07) is 0. The zero-order valence-corrected chi connectivity index (χ0v) is 22.9. The van der Waals surface area contributed by atoms with Gasteiger partial charge in [-0.15, -0.1) is 0 Å². The van der Waals surface area contributed by atoms with Gasteiger partial charge in [-0.3, -0.25) is 0 Å². The van der Waals surface area contributed by atoms with Crippen LogP contribution < -0.4 is 0 Å². The molecule has 3 saturated heterocycles. The predicted molar refractivity (Wildman–Crippen MR) is 135 cm³/mol. The van der Waals surface area contributed by atoms with E-state index < -0.39 is 29.4 Å². The number of carbonyl (C=O) groups is 1. The fourth-order valence-electron chi connectivity index (χ4n) is 13.8. The predicted octanol–water partition coefficient (Wildman–Crippen LogP) is 4.34. The topological polar surface area (TPSA) is 72.5 Å². The van der Waals surface area contributed by atoms with E-state index in [1.165, 1.54) is 64.2 Å². The third-order valence-electron chi connectivity index (χ3n) is 15.0. The number of rotatable bonds is 3. The van der Waals surface area contributed by atoms with E-state index in [-0.39, 0.29) is 18.8 Å². The van der Waals surface area contributed by atoms with E-state index in [1.807, 2.05) is 0 Å². The molecule has 10 unspecified atom stereocenters. The smallest absolute Gasteiger partial charge is 0.333 e. The Kier molecular flexibility index (Phi) is 3.76. The van der Waals surface area contributed by atoms with Crippen molar-refractivity contribution in [3.8, 4) is 0 Å². The van der Waals surface area contributed by atoms with Crippen molar-refractivity contribution in [3.05, 3.63) is 12.2 Å². The van der Waals surface area contributed by atoms with Crippen molar-refractivity contribution in [3.63, 3.8) is 0 Å². The van der Waals surface area contributed by atoms with Crippen molar-refractivity contribution in [1.82, 2.24) is 0 Å². The summed E-state index contributed by atoms with van der Waals surface area (Å²) in [5.41, 5.74) is 1.36. The number of fused-ring (bicyclic) bond motifs is 11. The summed E-state index contributed by atoms with van der Waals surface area (Å²) in [5.74, 6) is 2.38. The van der Waals surface area contributed by atoms with E-state index in [0.717, 1.165) is 23.7 Å². The minimum atomic E-state index is -1.15. The van der Waals surface area contributed by atoms with Crippen LogP contribution in [-0.2, 0) is 33.2 Å². The normalized spacial score (nSPS) is 66.5. The lowest BCUT2D eigenvalue weighted by Gasteiger charge is -2.53. The van der Waals surface area contributed by atoms with E-state index in [9.17, 15) is 4.79 Å². The fourth-order valence-corrected chi connectivity index (χ4v) is 13.8. The van der Waals surface area contributed by atoms with Crippen LogP contribution >= 0.6 is 0 Å². The minimum absolute atomic E-state index is 0.00782. The summed E-state index contributed by atoms with van der Waals surface area (Å²) in [5, 5.41) is 0. The molecule has 4 spiro atoms. The molecule has 0 aromatic carbocycles. The fraction of sp³-hybridized carbons (Fsp3) is 0.906. The van der Waals surface area contributed by atoms with Gasteiger partial charge in [-0.25, -0.2) is 4.79 Å². The molecule has 7 heteroatoms. The summed E-state index contributed by atoms with van der Waals surface area (Å²) in [4.78, 5) is 12.6. The second kappa shape index (κ2) is 6.49. The Morgan fingerprint density at radius 2 is 1.51 bits per heavy atom. The Bertz CT molecular complexity index is 1210. The standard InChI is InChI=1S/C32H40O7/c1-15(2)27(33)34-14-30-26(38-32(39-30)20-4-16-3-17-8-24(32)29(17,9-16)12-20)25-23(36-30)13-35-31(37-25)21-6-18-5-19-7-22(31)11-28(18,19)10-21/h16-26H,1,3-14H2,2H3/t16?,17?,18?,19?,20?,21?,22?,23-,24?,25-,26+,28?,29?,30+,31?,32?/m1/s1. The highest BCUT2D eigenvalue weighted by Gasteiger charge is 2.84. The lowest BCUT2D eigenvalue weighted by Crippen LogP contribution is -2.61. The van der Waals surface area contributed by atoms with Gasteiger partial charge in [0, 0.05) is 29.2 Å². The number of hydrogen-bond donors (Lipinski definition) is 0. The van der Waals surface area contributed by atoms with Crippen LogP contribution in [0.5, 0.6) is 0 Å². The first-order valence-corrected chi connectivity index (χ1v) is 16.0. The molecule has 11 aliphatic rings. The van der Waals surface area contributed by atoms with E-state index in [4.69, 9.17) is 28.4 Å². The molecule has 7 nitrogen and oxygen atoms in total. The zero-order chi connectivity index (χ0) is 25.7. The number of hydrogen-bond acceptors (Lipinski definition) is 7. The van der Waals surface area contributed by atoms with Gasteiger partial charge in [0.1, 0.15) is 24.9 Å². The summed E-state index contributed by atoms with van der Waals surface area (Å²) in [6.07, 6.45) is 11.8. The molecule has 0 amide bonds. The Morgan fingerprint density at radius 1 is 0.821 bits per heavy atom. The van der Waals surface area contributed by atoms with E-state index in [2.05, 4.69) is 6.58 Å². The van der Waals surface area contributed by atoms with Crippen LogP contribution in [0.3, 0.4) is 0 Å². The van der Waals surface area contributed by atoms with Gasteiger partial charge < -0.3 is 28.4 Å². The van der Waals surface area contributed by atoms with E-state index >= 15 is 0 Å². The third-order valence-corrected chi connectivity index (χ3v) is 15.0. The number of ether oxygens (including phenoxy) is 6. The highest BCUT2D eigenvalue weighted by molar-refractivity contribution is 5.86. The first-order chi connectivity index (χ1) is 18.8. The third kappa shape index (κ3) is 2.25. The van der Waals surface area contributed by atoms with Crippen molar-refractivity contribution in [2.45, 2.75) is 107 Å². The second-order valence-electron chi connectivity index (χ2n) is 16.1. The molecule has 3 heterocycles. The lowest BCUT2D eigenvalue weighted by atomic mass is 9.55. The molecule has 0 N–H and O–H groups in total. The van der Waals surface area contributed by atoms with Crippen molar-refractivity contribution >= 4 is 5.97 Å². The summed E-state index contributed by atoms with van der Waals surface area (Å²) in [7, 11) is 0. The Hall–Kier alpha value is -0.990. The molecule has 0 aromatic heterocycles. The van der Waals surface area contributed by atoms with Crippen LogP contribution in [0.1, 0.15) is 71.1 Å². The Balaban J connectivity index is 0.968. The van der Waals surface area contributed by atoms with Crippen LogP contribution in [0.25, 0.3) is 0 Å². The van der Waals surface area contributed by atoms with Crippen LogP contribution in [-0.4, -0.2) is 54.9 Å². The lowest BCUT2D eigenvalue weighted by molar-refractivity contribution is -0.385. The molecule has 11 rings (SSSR count). The molecule has 6 bridgehead atoms. The van der Waals surface area contributed by atoms with Crippen LogP contribution in [0.15, 0.2) is 12.2 Å². The SMILES string of the molecule is C=C(C)C(=O)OC[C@@]12O[C@@H]3COC4(O[C@H]3[C@@H]1OC1(O2)C2CC3CC5CC1C5(C3)C2)C1CC2CC3CC4CC23C1. The Labute approximate surface area is 229 Å². The molecule has 39 heavy (non-hydrogen) atoms. The molecule has 210 valence electrons. The van der Waals surface area contributed by atoms with Crippen molar-refractivity contribution in [1.29, 1.82) is 0 Å². The molecule has 8 aliphatic carbocycles. The van der Waals surface area contributed by atoms with Crippen molar-refractivity contribution < 1.29 is 33.2 Å². The average molecular weight is 537 g/mol. The molecule has 0 aromatic rings. The molecule has 3 aliphatic heterocycles. The molecular weight excluding hydrogens is 496 g/mol. The number of esters is 1. The van der Waals surface area contributed by atoms with Gasteiger partial charge in [-0.2, -0.15) is 0 Å². The maximum absolute atomic E-state index is 12.6. The summed E-state index contributed by atoms with van der Waals surface area (Å²) >= 11 is 0. The van der Waals surface area contributed by atoms with E-state index in [1.54, 1.807) is 6.92 Å². The maximum atomic E-state index is 12.6. The van der Waals surface area contributed by atoms with Gasteiger partial charge in [-0.1, -0.05) is 6.58 Å². The first-order valence-electron chi connectivity index (χ1n) is 16.0. The second-order valence-corrected chi connectivity index (χ2v) is 16.1. The van der Waals surface area contributed by atoms with Gasteiger partial charge in [0.15, 0.2) is 11.6 Å². The van der Waals surface area contributed by atoms with Crippen molar-refractivity contribution in [2.24, 2.45) is 58.2 Å². The number of carbonyl (C=O) groups excluding carboxylic acids is 1. The van der Waals surface area contributed by atoms with Gasteiger partial charge >= 0.3 is 5.97 Å². The largest absolute Gasteiger partial charge is 0.456 e. The molecule has 11 fully saturated rings. The summed E-state index contributed by atoms with van der Waals surface area (Å²) < 4.78 is 41.2. The van der Waals surface area contributed by atoms with Crippen LogP contribution in [0.4, 0.5) is 0 Å². The Morgan fingerprint density at radius 3 is 2.31 bits per heavy atom. The quantitative estimate of drug-likeness (QED) is 0.393. The minimum Gasteiger partial charge on any atom is -0.456 e. The highest BCUT2D eigenvalue weighted by Crippen LogP contribution is 2.81. The van der Waals surface area contributed by atoms with Gasteiger partial charge in [-0.05, 0) is 106 Å². The monoisotopic (exact) mass is 536 g/mol. The van der Waals surface area contributed by atoms with Crippen molar-refractivity contribution in [2.75, 3.05) is 13.2 Å². The van der Waals surface area contributed by atoms with Gasteiger partial charge in [0.05, 0.1) is 6.61 Å². The van der Waals surface area contributed by atoms with Crippen LogP contribution in [0.2, 0.25) is 0 Å². The average Bonchev–Trinajstić information content (AvgIpc) is 3.63. The molecule has 14 atom stereocenters. The van der Waals surface area contributed by atoms with Gasteiger partial charge in [0.25, 0.3) is 0 Å². The first kappa shape index (κ1) is 22.6. The molecule has 0 radical (unpaired) electrons. The van der Waals surface area contributed by atoms with Crippen LogP contribution in [0, 0.1) is 58.2 Å². The zero-order valence-electron chi connectivity index (χ0n) is 22.9. The molecule has 8 saturated carbocycles. The molecular formula is C32H40O7. The van der Waals surface area contributed by atoms with Gasteiger partial charge in [0.2, 0.25) is 5.79 Å². The highest BCUT2D eigenvalue weighted by atomic mass is 16.9. The van der Waals surface area contributed by atoms with E-state index in [0.29, 0.717) is 46.7 Å².